The third kappa shape index (κ3) is 4.79. The number of hydrogen-bond donors (Lipinski definition) is 0. The summed E-state index contributed by atoms with van der Waals surface area (Å²) in [4.78, 5) is 19.1. The van der Waals surface area contributed by atoms with Crippen LogP contribution in [0.3, 0.4) is 0 Å². The van der Waals surface area contributed by atoms with E-state index < -0.39 is 0 Å². The lowest BCUT2D eigenvalue weighted by Gasteiger charge is -2.23. The molecule has 2 rings (SSSR count). The van der Waals surface area contributed by atoms with Gasteiger partial charge >= 0.3 is 0 Å². The summed E-state index contributed by atoms with van der Waals surface area (Å²) in [6.07, 6.45) is 0. The molecule has 0 atom stereocenters. The first-order valence-corrected chi connectivity index (χ1v) is 8.81. The molecule has 2 aromatic rings. The van der Waals surface area contributed by atoms with Crippen LogP contribution in [0.4, 0.5) is 0 Å². The van der Waals surface area contributed by atoms with Gasteiger partial charge in [-0.15, -0.1) is 11.3 Å². The number of ether oxygens (including phenoxy) is 2. The van der Waals surface area contributed by atoms with Gasteiger partial charge in [-0.3, -0.25) is 4.79 Å². The van der Waals surface area contributed by atoms with Crippen LogP contribution in [0.2, 0.25) is 0 Å². The molecule has 1 aromatic heterocycles. The van der Waals surface area contributed by atoms with Crippen molar-refractivity contribution in [2.75, 3.05) is 33.9 Å². The average molecular weight is 348 g/mol. The molecular formula is C18H24N2O3S. The van der Waals surface area contributed by atoms with Crippen LogP contribution in [0.1, 0.15) is 24.3 Å². The minimum absolute atomic E-state index is 0.0447. The summed E-state index contributed by atoms with van der Waals surface area (Å²) in [5.41, 5.74) is 1.47. The molecule has 0 aliphatic heterocycles. The van der Waals surface area contributed by atoms with Gasteiger partial charge in [0.15, 0.2) is 0 Å². The van der Waals surface area contributed by atoms with Crippen molar-refractivity contribution in [3.8, 4) is 16.3 Å². The molecule has 1 amide bonds. The summed E-state index contributed by atoms with van der Waals surface area (Å²) in [5.74, 6) is 1.15. The summed E-state index contributed by atoms with van der Waals surface area (Å²) < 4.78 is 10.3. The third-order valence-corrected chi connectivity index (χ3v) is 4.39. The molecule has 0 radical (unpaired) electrons. The number of amides is 1. The summed E-state index contributed by atoms with van der Waals surface area (Å²) in [5, 5.41) is 2.65. The van der Waals surface area contributed by atoms with Crippen LogP contribution >= 0.6 is 11.3 Å². The van der Waals surface area contributed by atoms with E-state index in [2.05, 4.69) is 18.8 Å². The topological polar surface area (TPSA) is 51.7 Å². The lowest BCUT2D eigenvalue weighted by molar-refractivity contribution is 0.0667. The maximum atomic E-state index is 12.7. The second kappa shape index (κ2) is 8.80. The number of carbonyl (C=O) groups excluding carboxylic acids is 1. The Morgan fingerprint density at radius 1 is 1.25 bits per heavy atom. The predicted molar refractivity (Wildman–Crippen MR) is 96.7 cm³/mol. The van der Waals surface area contributed by atoms with Crippen molar-refractivity contribution in [1.82, 2.24) is 9.88 Å². The lowest BCUT2D eigenvalue weighted by atomic mass is 10.2. The van der Waals surface area contributed by atoms with Crippen LogP contribution < -0.4 is 4.74 Å². The SMILES string of the molecule is COCCN(CC(C)C)C(=O)c1csc(-c2ccc(OC)cc2)n1. The van der Waals surface area contributed by atoms with E-state index in [9.17, 15) is 4.79 Å². The molecule has 0 bridgehead atoms. The Balaban J connectivity index is 2.15. The zero-order valence-electron chi connectivity index (χ0n) is 14.6. The average Bonchev–Trinajstić information content (AvgIpc) is 3.07. The summed E-state index contributed by atoms with van der Waals surface area (Å²) >= 11 is 1.47. The zero-order chi connectivity index (χ0) is 17.5. The van der Waals surface area contributed by atoms with E-state index in [1.807, 2.05) is 29.6 Å². The first-order chi connectivity index (χ1) is 11.5. The molecule has 0 aliphatic carbocycles. The Kier molecular flexibility index (Phi) is 6.75. The van der Waals surface area contributed by atoms with Crippen molar-refractivity contribution >= 4 is 17.2 Å². The summed E-state index contributed by atoms with van der Waals surface area (Å²) in [6.45, 7) is 5.97. The molecular weight excluding hydrogens is 324 g/mol. The molecule has 0 saturated heterocycles. The molecule has 6 heteroatoms. The molecule has 0 saturated carbocycles. The highest BCUT2D eigenvalue weighted by molar-refractivity contribution is 7.13. The molecule has 5 nitrogen and oxygen atoms in total. The molecule has 1 aromatic carbocycles. The number of carbonyl (C=O) groups is 1. The van der Waals surface area contributed by atoms with Gasteiger partial charge in [0, 0.05) is 31.1 Å². The minimum atomic E-state index is -0.0447. The number of nitrogens with zero attached hydrogens (tertiary/aromatic N) is 2. The van der Waals surface area contributed by atoms with Crippen molar-refractivity contribution in [1.29, 1.82) is 0 Å². The van der Waals surface area contributed by atoms with Gasteiger partial charge in [0.1, 0.15) is 16.5 Å². The second-order valence-electron chi connectivity index (χ2n) is 5.90. The van der Waals surface area contributed by atoms with E-state index in [0.717, 1.165) is 16.3 Å². The molecule has 0 fully saturated rings. The Labute approximate surface area is 147 Å². The van der Waals surface area contributed by atoms with Crippen LogP contribution in [0.15, 0.2) is 29.6 Å². The molecule has 0 spiro atoms. The van der Waals surface area contributed by atoms with Crippen LogP contribution in [-0.2, 0) is 4.74 Å². The van der Waals surface area contributed by atoms with Crippen molar-refractivity contribution in [2.24, 2.45) is 5.92 Å². The summed E-state index contributed by atoms with van der Waals surface area (Å²) in [7, 11) is 3.28. The van der Waals surface area contributed by atoms with E-state index in [1.54, 1.807) is 19.1 Å². The highest BCUT2D eigenvalue weighted by Gasteiger charge is 2.20. The number of benzene rings is 1. The fourth-order valence-corrected chi connectivity index (χ4v) is 3.12. The normalized spacial score (nSPS) is 10.9. The van der Waals surface area contributed by atoms with Crippen LogP contribution in [-0.4, -0.2) is 49.7 Å². The quantitative estimate of drug-likeness (QED) is 0.732. The van der Waals surface area contributed by atoms with Crippen molar-refractivity contribution in [3.63, 3.8) is 0 Å². The van der Waals surface area contributed by atoms with Gasteiger partial charge in [-0.25, -0.2) is 4.98 Å². The smallest absolute Gasteiger partial charge is 0.273 e. The third-order valence-electron chi connectivity index (χ3n) is 3.50. The predicted octanol–water partition coefficient (Wildman–Crippen LogP) is 3.56. The molecule has 0 unspecified atom stereocenters. The first-order valence-electron chi connectivity index (χ1n) is 7.93. The Morgan fingerprint density at radius 2 is 1.96 bits per heavy atom. The molecule has 24 heavy (non-hydrogen) atoms. The van der Waals surface area contributed by atoms with Gasteiger partial charge in [-0.05, 0) is 30.2 Å². The number of rotatable bonds is 8. The Hall–Kier alpha value is -1.92. The number of thiazole rings is 1. The first kappa shape index (κ1) is 18.4. The molecule has 0 aliphatic rings. The lowest BCUT2D eigenvalue weighted by Crippen LogP contribution is -2.36. The minimum Gasteiger partial charge on any atom is -0.497 e. The van der Waals surface area contributed by atoms with Gasteiger partial charge in [0.05, 0.1) is 13.7 Å². The summed E-state index contributed by atoms with van der Waals surface area (Å²) in [6, 6.07) is 7.68. The number of hydrogen-bond acceptors (Lipinski definition) is 5. The standard InChI is InChI=1S/C18H24N2O3S/c1-13(2)11-20(9-10-22-3)18(21)16-12-24-17(19-16)14-5-7-15(23-4)8-6-14/h5-8,12-13H,9-11H2,1-4H3. The highest BCUT2D eigenvalue weighted by Crippen LogP contribution is 2.26. The maximum absolute atomic E-state index is 12.7. The monoisotopic (exact) mass is 348 g/mol. The van der Waals surface area contributed by atoms with Gasteiger partial charge in [0.25, 0.3) is 5.91 Å². The van der Waals surface area contributed by atoms with E-state index in [1.165, 1.54) is 11.3 Å². The van der Waals surface area contributed by atoms with E-state index in [-0.39, 0.29) is 5.91 Å². The van der Waals surface area contributed by atoms with Crippen molar-refractivity contribution in [2.45, 2.75) is 13.8 Å². The van der Waals surface area contributed by atoms with E-state index >= 15 is 0 Å². The van der Waals surface area contributed by atoms with E-state index in [0.29, 0.717) is 31.3 Å². The molecule has 130 valence electrons. The number of methoxy groups -OCH3 is 2. The molecule has 0 N–H and O–H groups in total. The maximum Gasteiger partial charge on any atom is 0.273 e. The van der Waals surface area contributed by atoms with Gasteiger partial charge < -0.3 is 14.4 Å². The van der Waals surface area contributed by atoms with Crippen LogP contribution in [0, 0.1) is 5.92 Å². The highest BCUT2D eigenvalue weighted by atomic mass is 32.1. The van der Waals surface area contributed by atoms with E-state index in [4.69, 9.17) is 9.47 Å². The Morgan fingerprint density at radius 3 is 2.54 bits per heavy atom. The van der Waals surface area contributed by atoms with Gasteiger partial charge in [-0.1, -0.05) is 13.8 Å². The Bertz CT molecular complexity index is 653. The zero-order valence-corrected chi connectivity index (χ0v) is 15.4. The van der Waals surface area contributed by atoms with Crippen molar-refractivity contribution in [3.05, 3.63) is 35.3 Å². The van der Waals surface area contributed by atoms with Crippen LogP contribution in [0.25, 0.3) is 10.6 Å². The van der Waals surface area contributed by atoms with Crippen LogP contribution in [0.5, 0.6) is 5.75 Å². The van der Waals surface area contributed by atoms with Gasteiger partial charge in [-0.2, -0.15) is 0 Å². The molecule has 1 heterocycles. The number of aromatic nitrogens is 1. The fourth-order valence-electron chi connectivity index (χ4n) is 2.32. The largest absolute Gasteiger partial charge is 0.497 e. The van der Waals surface area contributed by atoms with Gasteiger partial charge in [0.2, 0.25) is 0 Å². The van der Waals surface area contributed by atoms with Crippen molar-refractivity contribution < 1.29 is 14.3 Å². The fraction of sp³-hybridized carbons (Fsp3) is 0.444. The second-order valence-corrected chi connectivity index (χ2v) is 6.76.